The zero-order chi connectivity index (χ0) is 9.10. The SMILES string of the molecule is N#Cc1cnsc1-c1ccccc1. The molecule has 2 rings (SSSR count). The molecule has 0 amide bonds. The predicted octanol–water partition coefficient (Wildman–Crippen LogP) is 2.68. The highest BCUT2D eigenvalue weighted by Crippen LogP contribution is 2.26. The van der Waals surface area contributed by atoms with E-state index in [2.05, 4.69) is 10.4 Å². The predicted molar refractivity (Wildman–Crippen MR) is 52.3 cm³/mol. The van der Waals surface area contributed by atoms with Gasteiger partial charge in [-0.2, -0.15) is 9.64 Å². The number of hydrogen-bond acceptors (Lipinski definition) is 3. The lowest BCUT2D eigenvalue weighted by Crippen LogP contribution is -1.74. The van der Waals surface area contributed by atoms with Gasteiger partial charge in [0, 0.05) is 0 Å². The van der Waals surface area contributed by atoms with E-state index in [-0.39, 0.29) is 0 Å². The van der Waals surface area contributed by atoms with Gasteiger partial charge in [0.2, 0.25) is 0 Å². The first-order valence-corrected chi connectivity index (χ1v) is 4.59. The van der Waals surface area contributed by atoms with Gasteiger partial charge in [-0.05, 0) is 17.1 Å². The molecular weight excluding hydrogens is 180 g/mol. The fraction of sp³-hybridized carbons (Fsp3) is 0. The molecule has 0 fully saturated rings. The molecule has 2 aromatic rings. The normalized spacial score (nSPS) is 9.46. The molecule has 2 nitrogen and oxygen atoms in total. The summed E-state index contributed by atoms with van der Waals surface area (Å²) in [6, 6.07) is 11.9. The molecule has 0 spiro atoms. The Hall–Kier alpha value is -1.66. The van der Waals surface area contributed by atoms with Crippen LogP contribution >= 0.6 is 11.5 Å². The van der Waals surface area contributed by atoms with Crippen LogP contribution in [0.1, 0.15) is 5.56 Å². The van der Waals surface area contributed by atoms with E-state index in [0.29, 0.717) is 5.56 Å². The highest BCUT2D eigenvalue weighted by Gasteiger charge is 2.05. The molecule has 1 aromatic carbocycles. The third-order valence-electron chi connectivity index (χ3n) is 1.73. The van der Waals surface area contributed by atoms with E-state index in [0.717, 1.165) is 10.4 Å². The molecule has 0 unspecified atom stereocenters. The highest BCUT2D eigenvalue weighted by atomic mass is 32.1. The van der Waals surface area contributed by atoms with E-state index in [1.807, 2.05) is 30.3 Å². The quantitative estimate of drug-likeness (QED) is 0.686. The molecule has 0 saturated heterocycles. The summed E-state index contributed by atoms with van der Waals surface area (Å²) in [7, 11) is 0. The number of nitrogens with zero attached hydrogens (tertiary/aromatic N) is 2. The molecule has 1 heterocycles. The molecule has 0 aliphatic heterocycles. The van der Waals surface area contributed by atoms with Crippen molar-refractivity contribution in [2.45, 2.75) is 0 Å². The first-order valence-electron chi connectivity index (χ1n) is 3.82. The van der Waals surface area contributed by atoms with Crippen molar-refractivity contribution >= 4 is 11.5 Å². The third-order valence-corrected chi connectivity index (χ3v) is 2.58. The third kappa shape index (κ3) is 1.44. The second kappa shape index (κ2) is 3.38. The van der Waals surface area contributed by atoms with Crippen molar-refractivity contribution in [2.75, 3.05) is 0 Å². The number of benzene rings is 1. The summed E-state index contributed by atoms with van der Waals surface area (Å²) < 4.78 is 3.99. The Morgan fingerprint density at radius 3 is 2.69 bits per heavy atom. The van der Waals surface area contributed by atoms with E-state index in [1.54, 1.807) is 6.20 Å². The molecular formula is C10H6N2S. The molecule has 62 valence electrons. The van der Waals surface area contributed by atoms with Crippen LogP contribution in [0.15, 0.2) is 36.5 Å². The maximum Gasteiger partial charge on any atom is 0.102 e. The minimum Gasteiger partial charge on any atom is -0.199 e. The summed E-state index contributed by atoms with van der Waals surface area (Å²) in [5, 5.41) is 8.79. The van der Waals surface area contributed by atoms with Gasteiger partial charge in [0.1, 0.15) is 6.07 Å². The zero-order valence-electron chi connectivity index (χ0n) is 6.77. The molecule has 0 atom stereocenters. The van der Waals surface area contributed by atoms with Gasteiger partial charge in [-0.15, -0.1) is 0 Å². The van der Waals surface area contributed by atoms with Gasteiger partial charge in [-0.1, -0.05) is 30.3 Å². The summed E-state index contributed by atoms with van der Waals surface area (Å²) in [6.45, 7) is 0. The van der Waals surface area contributed by atoms with E-state index in [4.69, 9.17) is 5.26 Å². The van der Waals surface area contributed by atoms with Crippen molar-refractivity contribution in [1.82, 2.24) is 4.37 Å². The molecule has 0 radical (unpaired) electrons. The van der Waals surface area contributed by atoms with Crippen LogP contribution in [0.2, 0.25) is 0 Å². The highest BCUT2D eigenvalue weighted by molar-refractivity contribution is 7.09. The van der Waals surface area contributed by atoms with Gasteiger partial charge in [-0.25, -0.2) is 0 Å². The van der Waals surface area contributed by atoms with Crippen LogP contribution in [-0.4, -0.2) is 4.37 Å². The standard InChI is InChI=1S/C10H6N2S/c11-6-9-7-12-13-10(9)8-4-2-1-3-5-8/h1-5,7H. The summed E-state index contributed by atoms with van der Waals surface area (Å²) in [4.78, 5) is 0.947. The lowest BCUT2D eigenvalue weighted by molar-refractivity contribution is 1.47. The van der Waals surface area contributed by atoms with Crippen molar-refractivity contribution in [3.05, 3.63) is 42.1 Å². The molecule has 0 saturated carbocycles. The summed E-state index contributed by atoms with van der Waals surface area (Å²) >= 11 is 1.35. The Morgan fingerprint density at radius 1 is 1.23 bits per heavy atom. The second-order valence-corrected chi connectivity index (χ2v) is 3.35. The van der Waals surface area contributed by atoms with E-state index in [1.165, 1.54) is 11.5 Å². The Balaban J connectivity index is 2.54. The molecule has 0 bridgehead atoms. The van der Waals surface area contributed by atoms with E-state index in [9.17, 15) is 0 Å². The van der Waals surface area contributed by atoms with Crippen molar-refractivity contribution in [1.29, 1.82) is 5.26 Å². The molecule has 1 aromatic heterocycles. The topological polar surface area (TPSA) is 36.7 Å². The fourth-order valence-corrected chi connectivity index (χ4v) is 1.82. The number of rotatable bonds is 1. The zero-order valence-corrected chi connectivity index (χ0v) is 7.58. The molecule has 0 N–H and O–H groups in total. The van der Waals surface area contributed by atoms with E-state index < -0.39 is 0 Å². The fourth-order valence-electron chi connectivity index (χ4n) is 1.12. The van der Waals surface area contributed by atoms with Gasteiger partial charge in [0.05, 0.1) is 16.6 Å². The first-order chi connectivity index (χ1) is 6.42. The smallest absolute Gasteiger partial charge is 0.102 e. The average molecular weight is 186 g/mol. The largest absolute Gasteiger partial charge is 0.199 e. The Kier molecular flexibility index (Phi) is 2.07. The molecule has 0 aliphatic carbocycles. The Morgan fingerprint density at radius 2 is 2.00 bits per heavy atom. The maximum atomic E-state index is 8.79. The van der Waals surface area contributed by atoms with Gasteiger partial charge >= 0.3 is 0 Å². The summed E-state index contributed by atoms with van der Waals surface area (Å²) in [5.74, 6) is 0. The number of hydrogen-bond donors (Lipinski definition) is 0. The number of aromatic nitrogens is 1. The molecule has 3 heteroatoms. The van der Waals surface area contributed by atoms with Crippen LogP contribution in [0, 0.1) is 11.3 Å². The number of nitriles is 1. The van der Waals surface area contributed by atoms with Gasteiger partial charge < -0.3 is 0 Å². The van der Waals surface area contributed by atoms with Crippen molar-refractivity contribution in [3.63, 3.8) is 0 Å². The molecule has 13 heavy (non-hydrogen) atoms. The van der Waals surface area contributed by atoms with Crippen LogP contribution in [0.5, 0.6) is 0 Å². The average Bonchev–Trinajstić information content (AvgIpc) is 2.67. The molecule has 0 aliphatic rings. The Labute approximate surface area is 80.2 Å². The Bertz CT molecular complexity index is 439. The van der Waals surface area contributed by atoms with Crippen LogP contribution < -0.4 is 0 Å². The second-order valence-electron chi connectivity index (χ2n) is 2.55. The van der Waals surface area contributed by atoms with Crippen LogP contribution in [0.4, 0.5) is 0 Å². The van der Waals surface area contributed by atoms with Crippen molar-refractivity contribution in [2.24, 2.45) is 0 Å². The van der Waals surface area contributed by atoms with Crippen LogP contribution in [0.3, 0.4) is 0 Å². The minimum absolute atomic E-state index is 0.649. The van der Waals surface area contributed by atoms with Crippen LogP contribution in [-0.2, 0) is 0 Å². The summed E-state index contributed by atoms with van der Waals surface area (Å²) in [6.07, 6.45) is 1.60. The maximum absolute atomic E-state index is 8.79. The van der Waals surface area contributed by atoms with Crippen molar-refractivity contribution < 1.29 is 0 Å². The first kappa shape index (κ1) is 7.96. The lowest BCUT2D eigenvalue weighted by Gasteiger charge is -1.94. The lowest BCUT2D eigenvalue weighted by atomic mass is 10.1. The monoisotopic (exact) mass is 186 g/mol. The van der Waals surface area contributed by atoms with Crippen LogP contribution in [0.25, 0.3) is 10.4 Å². The van der Waals surface area contributed by atoms with Gasteiger partial charge in [0.25, 0.3) is 0 Å². The van der Waals surface area contributed by atoms with Gasteiger partial charge in [-0.3, -0.25) is 0 Å². The van der Waals surface area contributed by atoms with Gasteiger partial charge in [0.15, 0.2) is 0 Å². The van der Waals surface area contributed by atoms with E-state index >= 15 is 0 Å². The van der Waals surface area contributed by atoms with Crippen molar-refractivity contribution in [3.8, 4) is 16.5 Å². The summed E-state index contributed by atoms with van der Waals surface area (Å²) in [5.41, 5.74) is 1.71. The minimum atomic E-state index is 0.649.